The van der Waals surface area contributed by atoms with Crippen LogP contribution in [-0.4, -0.2) is 9.97 Å². The highest BCUT2D eigenvalue weighted by Gasteiger charge is 2.05. The molecule has 2 heterocycles. The van der Waals surface area contributed by atoms with Crippen LogP contribution in [0.25, 0.3) is 11.3 Å². The third-order valence-electron chi connectivity index (χ3n) is 1.50. The first-order chi connectivity index (χ1) is 4.88. The molecule has 0 aromatic heterocycles. The van der Waals surface area contributed by atoms with Gasteiger partial charge >= 0.3 is 0 Å². The van der Waals surface area contributed by atoms with Gasteiger partial charge in [-0.15, -0.1) is 0 Å². The summed E-state index contributed by atoms with van der Waals surface area (Å²) in [5.74, 6) is 0. The maximum atomic E-state index is 5.60. The zero-order valence-electron chi connectivity index (χ0n) is 5.33. The van der Waals surface area contributed by atoms with Crippen molar-refractivity contribution in [2.24, 2.45) is 0 Å². The van der Waals surface area contributed by atoms with Gasteiger partial charge < -0.3 is 10.7 Å². The molecule has 0 amide bonds. The molecule has 0 fully saturated rings. The Morgan fingerprint density at radius 2 is 2.40 bits per heavy atom. The van der Waals surface area contributed by atoms with Crippen molar-refractivity contribution in [2.45, 2.75) is 0 Å². The lowest BCUT2D eigenvalue weighted by molar-refractivity contribution is 1.28. The van der Waals surface area contributed by atoms with Crippen LogP contribution in [0.15, 0.2) is 24.7 Å². The lowest BCUT2D eigenvalue weighted by Gasteiger charge is -1.94. The van der Waals surface area contributed by atoms with E-state index in [4.69, 9.17) is 5.73 Å². The van der Waals surface area contributed by atoms with E-state index in [1.54, 1.807) is 6.20 Å². The average molecular weight is 133 g/mol. The molecule has 3 nitrogen and oxygen atoms in total. The zero-order chi connectivity index (χ0) is 6.97. The molecule has 50 valence electrons. The number of pyridine rings is 1. The third-order valence-corrected chi connectivity index (χ3v) is 1.50. The molecule has 0 aromatic carbocycles. The van der Waals surface area contributed by atoms with E-state index < -0.39 is 0 Å². The summed E-state index contributed by atoms with van der Waals surface area (Å²) < 4.78 is 0. The van der Waals surface area contributed by atoms with Crippen LogP contribution >= 0.6 is 0 Å². The fourth-order valence-corrected chi connectivity index (χ4v) is 0.981. The van der Waals surface area contributed by atoms with Crippen LogP contribution in [0.4, 0.5) is 5.69 Å². The SMILES string of the molecule is Nc1cnc2c[nH]ccc1-2. The minimum absolute atomic E-state index is 0.740. The largest absolute Gasteiger partial charge is 0.397 e. The molecule has 2 aliphatic heterocycles. The van der Waals surface area contributed by atoms with Gasteiger partial charge in [-0.1, -0.05) is 0 Å². The van der Waals surface area contributed by atoms with E-state index in [0.29, 0.717) is 0 Å². The molecule has 10 heavy (non-hydrogen) atoms. The summed E-state index contributed by atoms with van der Waals surface area (Å²) in [6.07, 6.45) is 5.32. The van der Waals surface area contributed by atoms with Crippen LogP contribution in [0.1, 0.15) is 0 Å². The van der Waals surface area contributed by atoms with Gasteiger partial charge in [-0.2, -0.15) is 0 Å². The van der Waals surface area contributed by atoms with Gasteiger partial charge in [0.15, 0.2) is 0 Å². The van der Waals surface area contributed by atoms with E-state index in [0.717, 1.165) is 16.9 Å². The van der Waals surface area contributed by atoms with Crippen molar-refractivity contribution < 1.29 is 0 Å². The smallest absolute Gasteiger partial charge is 0.0884 e. The number of nitrogens with two attached hydrogens (primary N) is 1. The topological polar surface area (TPSA) is 54.7 Å². The van der Waals surface area contributed by atoms with E-state index in [2.05, 4.69) is 9.97 Å². The maximum absolute atomic E-state index is 5.60. The molecule has 0 aliphatic carbocycles. The van der Waals surface area contributed by atoms with Crippen LogP contribution < -0.4 is 5.73 Å². The molecule has 3 heteroatoms. The van der Waals surface area contributed by atoms with Gasteiger partial charge in [-0.05, 0) is 6.07 Å². The molecule has 0 atom stereocenters. The Balaban J connectivity index is 2.78. The number of nitrogens with zero attached hydrogens (tertiary/aromatic N) is 1. The number of hydrogen-bond donors (Lipinski definition) is 2. The van der Waals surface area contributed by atoms with Gasteiger partial charge in [0.2, 0.25) is 0 Å². The Labute approximate surface area is 58.2 Å². The van der Waals surface area contributed by atoms with Crippen molar-refractivity contribution in [3.05, 3.63) is 24.7 Å². The summed E-state index contributed by atoms with van der Waals surface area (Å²) in [5.41, 5.74) is 8.27. The van der Waals surface area contributed by atoms with Crippen LogP contribution in [-0.2, 0) is 0 Å². The summed E-state index contributed by atoms with van der Waals surface area (Å²) in [6.45, 7) is 0. The fourth-order valence-electron chi connectivity index (χ4n) is 0.981. The quantitative estimate of drug-likeness (QED) is 0.565. The highest BCUT2D eigenvalue weighted by molar-refractivity contribution is 5.74. The zero-order valence-corrected chi connectivity index (χ0v) is 5.33. The van der Waals surface area contributed by atoms with E-state index in [-0.39, 0.29) is 0 Å². The molecule has 0 aromatic rings. The van der Waals surface area contributed by atoms with E-state index in [1.807, 2.05) is 18.5 Å². The highest BCUT2D eigenvalue weighted by atomic mass is 14.8. The Morgan fingerprint density at radius 3 is 3.20 bits per heavy atom. The number of hydrogen-bond acceptors (Lipinski definition) is 2. The predicted molar refractivity (Wildman–Crippen MR) is 39.6 cm³/mol. The molecule has 0 radical (unpaired) electrons. The van der Waals surface area contributed by atoms with Gasteiger partial charge in [0.05, 0.1) is 17.6 Å². The second kappa shape index (κ2) is 1.73. The van der Waals surface area contributed by atoms with Crippen LogP contribution in [0.3, 0.4) is 0 Å². The molecule has 3 N–H and O–H groups in total. The van der Waals surface area contributed by atoms with Crippen molar-refractivity contribution in [1.29, 1.82) is 0 Å². The summed E-state index contributed by atoms with van der Waals surface area (Å²) in [4.78, 5) is 6.99. The Kier molecular flexibility index (Phi) is 0.917. The second-order valence-corrected chi connectivity index (χ2v) is 2.16. The minimum atomic E-state index is 0.740. The van der Waals surface area contributed by atoms with Gasteiger partial charge in [-0.3, -0.25) is 4.98 Å². The van der Waals surface area contributed by atoms with Crippen molar-refractivity contribution >= 4 is 5.69 Å². The minimum Gasteiger partial charge on any atom is -0.397 e. The number of H-pyrrole nitrogens is 1. The molecule has 2 aliphatic rings. The number of nitrogens with one attached hydrogen (secondary N) is 1. The van der Waals surface area contributed by atoms with Crippen molar-refractivity contribution in [1.82, 2.24) is 9.97 Å². The van der Waals surface area contributed by atoms with Crippen molar-refractivity contribution in [3.8, 4) is 11.3 Å². The summed E-state index contributed by atoms with van der Waals surface area (Å²) in [6, 6.07) is 1.91. The maximum Gasteiger partial charge on any atom is 0.0884 e. The highest BCUT2D eigenvalue weighted by Crippen LogP contribution is 2.24. The van der Waals surface area contributed by atoms with Crippen LogP contribution in [0.2, 0.25) is 0 Å². The molecule has 0 saturated carbocycles. The molecule has 2 rings (SSSR count). The number of aromatic nitrogens is 2. The number of anilines is 1. The van der Waals surface area contributed by atoms with Gasteiger partial charge in [0.1, 0.15) is 0 Å². The van der Waals surface area contributed by atoms with Crippen LogP contribution in [0.5, 0.6) is 0 Å². The summed E-state index contributed by atoms with van der Waals surface area (Å²) >= 11 is 0. The van der Waals surface area contributed by atoms with Crippen molar-refractivity contribution in [2.75, 3.05) is 5.73 Å². The second-order valence-electron chi connectivity index (χ2n) is 2.16. The lowest BCUT2D eigenvalue weighted by Crippen LogP contribution is -1.83. The molecule has 0 unspecified atom stereocenters. The normalized spacial score (nSPS) is 10.4. The van der Waals surface area contributed by atoms with Gasteiger partial charge in [0, 0.05) is 18.0 Å². The third kappa shape index (κ3) is 0.572. The average Bonchev–Trinajstić information content (AvgIpc) is 2.34. The molecule has 0 saturated heterocycles. The monoisotopic (exact) mass is 133 g/mol. The molecule has 0 spiro atoms. The van der Waals surface area contributed by atoms with E-state index in [1.165, 1.54) is 0 Å². The summed E-state index contributed by atoms with van der Waals surface area (Å²) in [7, 11) is 0. The van der Waals surface area contributed by atoms with E-state index >= 15 is 0 Å². The Morgan fingerprint density at radius 1 is 1.50 bits per heavy atom. The fraction of sp³-hybridized carbons (Fsp3) is 0. The molecular weight excluding hydrogens is 126 g/mol. The van der Waals surface area contributed by atoms with Gasteiger partial charge in [0.25, 0.3) is 0 Å². The molecule has 0 bridgehead atoms. The number of aromatic amines is 1. The first kappa shape index (κ1) is 5.29. The standard InChI is InChI=1S/C7H7N3/c8-6-3-10-7-4-9-2-1-5(6)7/h1-4,9H,8H2. The molecular formula is C7H7N3. The first-order valence-electron chi connectivity index (χ1n) is 3.05. The van der Waals surface area contributed by atoms with Crippen molar-refractivity contribution in [3.63, 3.8) is 0 Å². The number of rotatable bonds is 0. The summed E-state index contributed by atoms with van der Waals surface area (Å²) in [5, 5.41) is 0. The number of fused-ring (bicyclic) bond motifs is 1. The van der Waals surface area contributed by atoms with E-state index in [9.17, 15) is 0 Å². The number of nitrogen functional groups attached to an aromatic ring is 1. The predicted octanol–water partition coefficient (Wildman–Crippen LogP) is 1.10. The van der Waals surface area contributed by atoms with Gasteiger partial charge in [-0.25, -0.2) is 0 Å². The Bertz CT molecular complexity index is 313. The first-order valence-corrected chi connectivity index (χ1v) is 3.05. The Hall–Kier alpha value is -1.51. The van der Waals surface area contributed by atoms with Crippen LogP contribution in [0, 0.1) is 0 Å². The lowest BCUT2D eigenvalue weighted by atomic mass is 10.2.